The van der Waals surface area contributed by atoms with E-state index in [0.717, 1.165) is 18.2 Å². The van der Waals surface area contributed by atoms with Gasteiger partial charge in [-0.3, -0.25) is 4.79 Å². The van der Waals surface area contributed by atoms with Gasteiger partial charge in [0, 0.05) is 0 Å². The lowest BCUT2D eigenvalue weighted by molar-refractivity contribution is -0.115. The Labute approximate surface area is 139 Å². The van der Waals surface area contributed by atoms with E-state index < -0.39 is 34.3 Å². The summed E-state index contributed by atoms with van der Waals surface area (Å²) in [5, 5.41) is 10.9. The van der Waals surface area contributed by atoms with E-state index in [2.05, 4.69) is 10.0 Å². The molecule has 0 aliphatic carbocycles. The van der Waals surface area contributed by atoms with Crippen LogP contribution in [0.4, 0.5) is 10.1 Å². The van der Waals surface area contributed by atoms with Gasteiger partial charge < -0.3 is 15.2 Å². The fraction of sp³-hybridized carbons (Fsp3) is 0.429. The van der Waals surface area contributed by atoms with Crippen LogP contribution in [0.1, 0.15) is 24.2 Å². The second-order valence-electron chi connectivity index (χ2n) is 5.11. The van der Waals surface area contributed by atoms with Crippen molar-refractivity contribution < 1.29 is 32.2 Å². The maximum Gasteiger partial charge on any atom is 0.335 e. The molecule has 0 heterocycles. The molecule has 3 N–H and O–H groups in total. The Morgan fingerprint density at radius 3 is 2.58 bits per heavy atom. The smallest absolute Gasteiger partial charge is 0.335 e. The zero-order chi connectivity index (χ0) is 18.3. The molecule has 0 atom stereocenters. The molecule has 0 radical (unpaired) electrons. The lowest BCUT2D eigenvalue weighted by Crippen LogP contribution is -2.35. The Balaban J connectivity index is 2.58. The molecule has 1 aromatic carbocycles. The van der Waals surface area contributed by atoms with Crippen LogP contribution in [-0.2, 0) is 19.6 Å². The number of rotatable bonds is 9. The van der Waals surface area contributed by atoms with Gasteiger partial charge in [-0.15, -0.1) is 0 Å². The van der Waals surface area contributed by atoms with Crippen molar-refractivity contribution in [1.29, 1.82) is 0 Å². The van der Waals surface area contributed by atoms with Crippen LogP contribution in [0.2, 0.25) is 0 Å². The first-order valence-corrected chi connectivity index (χ1v) is 8.67. The zero-order valence-corrected chi connectivity index (χ0v) is 14.0. The summed E-state index contributed by atoms with van der Waals surface area (Å²) in [5.41, 5.74) is -0.555. The molecule has 0 unspecified atom stereocenters. The first kappa shape index (κ1) is 20.0. The van der Waals surface area contributed by atoms with Crippen LogP contribution < -0.4 is 10.0 Å². The predicted octanol–water partition coefficient (Wildman–Crippen LogP) is 0.807. The average molecular weight is 362 g/mol. The largest absolute Gasteiger partial charge is 0.478 e. The molecule has 1 aromatic rings. The van der Waals surface area contributed by atoms with E-state index in [1.807, 2.05) is 0 Å². The number of hydrogen-bond acceptors (Lipinski definition) is 5. The van der Waals surface area contributed by atoms with E-state index >= 15 is 0 Å². The van der Waals surface area contributed by atoms with E-state index in [4.69, 9.17) is 9.84 Å². The summed E-state index contributed by atoms with van der Waals surface area (Å²) in [6.07, 6.45) is -0.118. The zero-order valence-electron chi connectivity index (χ0n) is 13.2. The van der Waals surface area contributed by atoms with E-state index in [-0.39, 0.29) is 29.7 Å². The highest BCUT2D eigenvalue weighted by molar-refractivity contribution is 7.89. The highest BCUT2D eigenvalue weighted by Gasteiger charge is 2.15. The molecule has 24 heavy (non-hydrogen) atoms. The third-order valence-corrected chi connectivity index (χ3v) is 4.03. The lowest BCUT2D eigenvalue weighted by atomic mass is 10.2. The number of carbonyl (C=O) groups excluding carboxylic acids is 1. The molecule has 0 saturated carbocycles. The average Bonchev–Trinajstić information content (AvgIpc) is 2.46. The van der Waals surface area contributed by atoms with Crippen LogP contribution in [-0.4, -0.2) is 50.4 Å². The molecule has 0 fully saturated rings. The van der Waals surface area contributed by atoms with Crippen molar-refractivity contribution in [3.05, 3.63) is 29.6 Å². The molecule has 0 aromatic heterocycles. The van der Waals surface area contributed by atoms with Crippen molar-refractivity contribution in [2.24, 2.45) is 0 Å². The maximum atomic E-state index is 13.5. The summed E-state index contributed by atoms with van der Waals surface area (Å²) in [6.45, 7) is 2.88. The number of halogens is 1. The van der Waals surface area contributed by atoms with Crippen LogP contribution in [0.15, 0.2) is 18.2 Å². The molecule has 1 amide bonds. The number of sulfonamides is 1. The molecule has 10 heteroatoms. The number of benzene rings is 1. The SMILES string of the molecule is CC(C)OCCS(=O)(=O)NCC(=O)Nc1cc(C(=O)O)ccc1F. The molecular weight excluding hydrogens is 343 g/mol. The second-order valence-corrected chi connectivity index (χ2v) is 7.03. The second kappa shape index (κ2) is 8.71. The van der Waals surface area contributed by atoms with E-state index in [0.29, 0.717) is 0 Å². The predicted molar refractivity (Wildman–Crippen MR) is 84.9 cm³/mol. The monoisotopic (exact) mass is 362 g/mol. The van der Waals surface area contributed by atoms with Crippen LogP contribution >= 0.6 is 0 Å². The summed E-state index contributed by atoms with van der Waals surface area (Å²) in [6, 6.07) is 2.89. The molecular formula is C14H19FN2O6S. The molecule has 0 bridgehead atoms. The summed E-state index contributed by atoms with van der Waals surface area (Å²) in [7, 11) is -3.72. The Hall–Kier alpha value is -2.04. The maximum absolute atomic E-state index is 13.5. The molecule has 0 aliphatic rings. The molecule has 134 valence electrons. The van der Waals surface area contributed by atoms with Crippen molar-refractivity contribution in [2.75, 3.05) is 24.2 Å². The standard InChI is InChI=1S/C14H19FN2O6S/c1-9(2)23-5-6-24(21,22)16-8-13(18)17-12-7-10(14(19)20)3-4-11(12)15/h3-4,7,9,16H,5-6,8H2,1-2H3,(H,17,18)(H,19,20). The van der Waals surface area contributed by atoms with Crippen LogP contribution in [0.25, 0.3) is 0 Å². The highest BCUT2D eigenvalue weighted by atomic mass is 32.2. The quantitative estimate of drug-likeness (QED) is 0.597. The van der Waals surface area contributed by atoms with Crippen LogP contribution in [0.3, 0.4) is 0 Å². The normalized spacial score (nSPS) is 11.5. The minimum Gasteiger partial charge on any atom is -0.478 e. The first-order valence-electron chi connectivity index (χ1n) is 7.02. The van der Waals surface area contributed by atoms with Gasteiger partial charge in [-0.05, 0) is 32.0 Å². The fourth-order valence-corrected chi connectivity index (χ4v) is 2.40. The van der Waals surface area contributed by atoms with E-state index in [1.54, 1.807) is 13.8 Å². The minimum atomic E-state index is -3.72. The number of ether oxygens (including phenoxy) is 1. The van der Waals surface area contributed by atoms with Crippen LogP contribution in [0, 0.1) is 5.82 Å². The van der Waals surface area contributed by atoms with Crippen molar-refractivity contribution in [3.63, 3.8) is 0 Å². The van der Waals surface area contributed by atoms with Gasteiger partial charge in [0.1, 0.15) is 5.82 Å². The van der Waals surface area contributed by atoms with E-state index in [1.165, 1.54) is 0 Å². The van der Waals surface area contributed by atoms with Gasteiger partial charge >= 0.3 is 5.97 Å². The van der Waals surface area contributed by atoms with Gasteiger partial charge in [0.05, 0.1) is 36.3 Å². The molecule has 8 nitrogen and oxygen atoms in total. The van der Waals surface area contributed by atoms with Gasteiger partial charge in [0.15, 0.2) is 0 Å². The van der Waals surface area contributed by atoms with Crippen molar-refractivity contribution in [3.8, 4) is 0 Å². The summed E-state index contributed by atoms with van der Waals surface area (Å²) in [5.74, 6) is -3.26. The molecule has 1 rings (SSSR count). The Morgan fingerprint density at radius 2 is 2.00 bits per heavy atom. The number of anilines is 1. The molecule has 0 spiro atoms. The van der Waals surface area contributed by atoms with Crippen molar-refractivity contribution in [1.82, 2.24) is 4.72 Å². The topological polar surface area (TPSA) is 122 Å². The summed E-state index contributed by atoms with van der Waals surface area (Å²) < 4.78 is 44.0. The number of carboxylic acids is 1. The summed E-state index contributed by atoms with van der Waals surface area (Å²) in [4.78, 5) is 22.5. The Morgan fingerprint density at radius 1 is 1.33 bits per heavy atom. The first-order chi connectivity index (χ1) is 11.1. The van der Waals surface area contributed by atoms with Crippen LogP contribution in [0.5, 0.6) is 0 Å². The number of carboxylic acid groups (broad SMARTS) is 1. The van der Waals surface area contributed by atoms with Gasteiger partial charge in [-0.2, -0.15) is 0 Å². The molecule has 0 aliphatic heterocycles. The number of aromatic carboxylic acids is 1. The van der Waals surface area contributed by atoms with Gasteiger partial charge in [-0.25, -0.2) is 22.3 Å². The van der Waals surface area contributed by atoms with E-state index in [9.17, 15) is 22.4 Å². The number of nitrogens with one attached hydrogen (secondary N) is 2. The Bertz CT molecular complexity index is 705. The fourth-order valence-electron chi connectivity index (χ4n) is 1.59. The lowest BCUT2D eigenvalue weighted by Gasteiger charge is -2.10. The van der Waals surface area contributed by atoms with Crippen molar-refractivity contribution in [2.45, 2.75) is 20.0 Å². The van der Waals surface area contributed by atoms with Gasteiger partial charge in [0.2, 0.25) is 15.9 Å². The Kier molecular flexibility index (Phi) is 7.26. The number of hydrogen-bond donors (Lipinski definition) is 3. The van der Waals surface area contributed by atoms with Gasteiger partial charge in [0.25, 0.3) is 0 Å². The number of carbonyl (C=O) groups is 2. The number of amides is 1. The highest BCUT2D eigenvalue weighted by Crippen LogP contribution is 2.16. The van der Waals surface area contributed by atoms with Gasteiger partial charge in [-0.1, -0.05) is 0 Å². The minimum absolute atomic E-state index is 0.0239. The molecule has 0 saturated heterocycles. The third kappa shape index (κ3) is 7.02. The summed E-state index contributed by atoms with van der Waals surface area (Å²) >= 11 is 0. The van der Waals surface area contributed by atoms with Crippen molar-refractivity contribution >= 4 is 27.6 Å². The third-order valence-electron chi connectivity index (χ3n) is 2.74.